The van der Waals surface area contributed by atoms with Crippen LogP contribution in [0.3, 0.4) is 0 Å². The predicted molar refractivity (Wildman–Crippen MR) is 85.5 cm³/mol. The first-order valence-electron chi connectivity index (χ1n) is 7.68. The molecule has 2 heterocycles. The maximum Gasteiger partial charge on any atom is 0.245 e. The zero-order valence-electron chi connectivity index (χ0n) is 12.9. The molecule has 1 aliphatic heterocycles. The number of benzene rings is 1. The van der Waals surface area contributed by atoms with Gasteiger partial charge in [0.15, 0.2) is 5.82 Å². The van der Waals surface area contributed by atoms with Gasteiger partial charge in [-0.05, 0) is 25.8 Å². The van der Waals surface area contributed by atoms with Crippen LogP contribution in [0.15, 0.2) is 24.3 Å². The molecular weight excluding hydrogens is 262 g/mol. The Balaban J connectivity index is 1.79. The van der Waals surface area contributed by atoms with Gasteiger partial charge in [0.1, 0.15) is 0 Å². The number of rotatable bonds is 3. The summed E-state index contributed by atoms with van der Waals surface area (Å²) in [5, 5.41) is 11.0. The minimum atomic E-state index is 0.458. The fourth-order valence-electron chi connectivity index (χ4n) is 2.91. The maximum absolute atomic E-state index is 4.66. The lowest BCUT2D eigenvalue weighted by atomic mass is 10.1. The second-order valence-corrected chi connectivity index (χ2v) is 5.91. The molecule has 5 nitrogen and oxygen atoms in total. The summed E-state index contributed by atoms with van der Waals surface area (Å²) >= 11 is 0. The van der Waals surface area contributed by atoms with Crippen molar-refractivity contribution in [1.82, 2.24) is 20.5 Å². The summed E-state index contributed by atoms with van der Waals surface area (Å²) in [6, 6.07) is 9.41. The third-order valence-electron chi connectivity index (χ3n) is 3.95. The summed E-state index contributed by atoms with van der Waals surface area (Å²) in [7, 11) is 0. The van der Waals surface area contributed by atoms with Crippen molar-refractivity contribution in [2.24, 2.45) is 0 Å². The number of anilines is 1. The first kappa shape index (κ1) is 14.1. The number of piperazine rings is 1. The summed E-state index contributed by atoms with van der Waals surface area (Å²) in [6.07, 6.45) is 1.05. The van der Waals surface area contributed by atoms with Crippen molar-refractivity contribution in [3.8, 4) is 11.4 Å². The van der Waals surface area contributed by atoms with Crippen molar-refractivity contribution in [2.45, 2.75) is 39.3 Å². The van der Waals surface area contributed by atoms with Gasteiger partial charge in [-0.1, -0.05) is 31.2 Å². The fraction of sp³-hybridized carbons (Fsp3) is 0.500. The molecule has 112 valence electrons. The molecule has 0 amide bonds. The van der Waals surface area contributed by atoms with Crippen molar-refractivity contribution >= 4 is 5.95 Å². The zero-order chi connectivity index (χ0) is 14.8. The van der Waals surface area contributed by atoms with E-state index in [9.17, 15) is 0 Å². The van der Waals surface area contributed by atoms with Crippen LogP contribution in [0.1, 0.15) is 26.3 Å². The summed E-state index contributed by atoms with van der Waals surface area (Å²) in [5.74, 6) is 1.64. The second-order valence-electron chi connectivity index (χ2n) is 5.91. The van der Waals surface area contributed by atoms with Gasteiger partial charge in [-0.25, -0.2) is 0 Å². The molecule has 1 aromatic carbocycles. The van der Waals surface area contributed by atoms with Crippen LogP contribution in [-0.2, 0) is 6.42 Å². The topological polar surface area (TPSA) is 56.8 Å². The van der Waals surface area contributed by atoms with Crippen LogP contribution in [0.25, 0.3) is 11.4 Å². The number of nitrogens with one attached hydrogen (secondary N) is 2. The van der Waals surface area contributed by atoms with Crippen molar-refractivity contribution < 1.29 is 0 Å². The Hall–Kier alpha value is -1.88. The van der Waals surface area contributed by atoms with Crippen molar-refractivity contribution in [2.75, 3.05) is 18.0 Å². The lowest BCUT2D eigenvalue weighted by Crippen LogP contribution is -2.54. The average molecular weight is 285 g/mol. The van der Waals surface area contributed by atoms with Crippen molar-refractivity contribution in [3.63, 3.8) is 0 Å². The van der Waals surface area contributed by atoms with E-state index >= 15 is 0 Å². The molecule has 2 aromatic rings. The third kappa shape index (κ3) is 3.08. The molecule has 0 radical (unpaired) electrons. The van der Waals surface area contributed by atoms with Gasteiger partial charge in [0, 0.05) is 30.7 Å². The van der Waals surface area contributed by atoms with Crippen LogP contribution in [0.4, 0.5) is 5.95 Å². The van der Waals surface area contributed by atoms with E-state index in [4.69, 9.17) is 0 Å². The van der Waals surface area contributed by atoms with E-state index in [1.807, 2.05) is 0 Å². The van der Waals surface area contributed by atoms with Crippen LogP contribution in [-0.4, -0.2) is 40.4 Å². The Bertz CT molecular complexity index is 579. The molecule has 1 fully saturated rings. The van der Waals surface area contributed by atoms with Crippen molar-refractivity contribution in [1.29, 1.82) is 0 Å². The lowest BCUT2D eigenvalue weighted by Gasteiger charge is -2.35. The zero-order valence-corrected chi connectivity index (χ0v) is 12.9. The number of hydrogen-bond donors (Lipinski definition) is 2. The van der Waals surface area contributed by atoms with E-state index in [2.05, 4.69) is 70.4 Å². The standard InChI is InChI=1S/C16H23N5/c1-4-13-5-7-14(8-6-13)15-18-16(20-19-15)21-9-11(2)17-12(3)10-21/h5-8,11-12,17H,4,9-10H2,1-3H3,(H,18,19,20). The molecule has 2 unspecified atom stereocenters. The van der Waals surface area contributed by atoms with E-state index in [-0.39, 0.29) is 0 Å². The van der Waals surface area contributed by atoms with Crippen LogP contribution < -0.4 is 10.2 Å². The van der Waals surface area contributed by atoms with Crippen LogP contribution in [0.5, 0.6) is 0 Å². The molecule has 1 saturated heterocycles. The highest BCUT2D eigenvalue weighted by Gasteiger charge is 2.23. The minimum absolute atomic E-state index is 0.458. The van der Waals surface area contributed by atoms with Gasteiger partial charge < -0.3 is 10.2 Å². The number of nitrogens with zero attached hydrogens (tertiary/aromatic N) is 3. The maximum atomic E-state index is 4.66. The number of aryl methyl sites for hydroxylation is 1. The molecule has 0 saturated carbocycles. The molecule has 1 aliphatic rings. The van der Waals surface area contributed by atoms with Crippen LogP contribution in [0, 0.1) is 0 Å². The number of hydrogen-bond acceptors (Lipinski definition) is 4. The largest absolute Gasteiger partial charge is 0.336 e. The predicted octanol–water partition coefficient (Wildman–Crippen LogP) is 2.22. The molecular formula is C16H23N5. The van der Waals surface area contributed by atoms with E-state index < -0.39 is 0 Å². The number of aromatic amines is 1. The first-order valence-corrected chi connectivity index (χ1v) is 7.68. The Morgan fingerprint density at radius 3 is 2.43 bits per heavy atom. The quantitative estimate of drug-likeness (QED) is 0.908. The summed E-state index contributed by atoms with van der Waals surface area (Å²) in [4.78, 5) is 6.90. The second kappa shape index (κ2) is 5.85. The van der Waals surface area contributed by atoms with Crippen LogP contribution >= 0.6 is 0 Å². The van der Waals surface area contributed by atoms with E-state index in [1.54, 1.807) is 0 Å². The number of H-pyrrole nitrogens is 1. The fourth-order valence-corrected chi connectivity index (χ4v) is 2.91. The average Bonchev–Trinajstić information content (AvgIpc) is 2.96. The molecule has 2 atom stereocenters. The summed E-state index contributed by atoms with van der Waals surface area (Å²) in [6.45, 7) is 8.43. The Morgan fingerprint density at radius 2 is 1.81 bits per heavy atom. The molecule has 0 bridgehead atoms. The van der Waals surface area contributed by atoms with Gasteiger partial charge in [0.25, 0.3) is 0 Å². The summed E-state index contributed by atoms with van der Waals surface area (Å²) < 4.78 is 0. The van der Waals surface area contributed by atoms with Gasteiger partial charge in [-0.3, -0.25) is 5.10 Å². The molecule has 0 spiro atoms. The Labute approximate surface area is 125 Å². The van der Waals surface area contributed by atoms with E-state index in [1.165, 1.54) is 5.56 Å². The minimum Gasteiger partial charge on any atom is -0.336 e. The monoisotopic (exact) mass is 285 g/mol. The molecule has 21 heavy (non-hydrogen) atoms. The highest BCUT2D eigenvalue weighted by Crippen LogP contribution is 2.20. The molecule has 3 rings (SSSR count). The SMILES string of the molecule is CCc1ccc(-c2nc(N3CC(C)NC(C)C3)n[nH]2)cc1. The Kier molecular flexibility index (Phi) is 3.92. The third-order valence-corrected chi connectivity index (χ3v) is 3.95. The van der Waals surface area contributed by atoms with Gasteiger partial charge in [-0.2, -0.15) is 4.98 Å². The van der Waals surface area contributed by atoms with Gasteiger partial charge in [-0.15, -0.1) is 5.10 Å². The molecule has 0 aliphatic carbocycles. The van der Waals surface area contributed by atoms with Crippen LogP contribution in [0.2, 0.25) is 0 Å². The van der Waals surface area contributed by atoms with Gasteiger partial charge >= 0.3 is 0 Å². The first-order chi connectivity index (χ1) is 10.2. The Morgan fingerprint density at radius 1 is 1.14 bits per heavy atom. The normalized spacial score (nSPS) is 22.5. The lowest BCUT2D eigenvalue weighted by molar-refractivity contribution is 0.403. The highest BCUT2D eigenvalue weighted by atomic mass is 15.4. The molecule has 1 aromatic heterocycles. The summed E-state index contributed by atoms with van der Waals surface area (Å²) in [5.41, 5.74) is 2.42. The van der Waals surface area contributed by atoms with E-state index in [0.29, 0.717) is 12.1 Å². The smallest absolute Gasteiger partial charge is 0.245 e. The highest BCUT2D eigenvalue weighted by molar-refractivity contribution is 5.56. The van der Waals surface area contributed by atoms with E-state index in [0.717, 1.165) is 36.8 Å². The number of aromatic nitrogens is 3. The molecule has 5 heteroatoms. The van der Waals surface area contributed by atoms with Crippen molar-refractivity contribution in [3.05, 3.63) is 29.8 Å². The van der Waals surface area contributed by atoms with Gasteiger partial charge in [0.2, 0.25) is 5.95 Å². The molecule has 2 N–H and O–H groups in total. The van der Waals surface area contributed by atoms with Gasteiger partial charge in [0.05, 0.1) is 0 Å².